The molecule has 2 aromatic carbocycles. The lowest BCUT2D eigenvalue weighted by Gasteiger charge is -2.19. The summed E-state index contributed by atoms with van der Waals surface area (Å²) in [4.78, 5) is 16.5. The van der Waals surface area contributed by atoms with E-state index in [1.807, 2.05) is 0 Å². The average molecular weight is 417 g/mol. The van der Waals surface area contributed by atoms with E-state index >= 15 is 0 Å². The molecular formula is C18H15N3O5S2. The zero-order valence-corrected chi connectivity index (χ0v) is 16.0. The maximum Gasteiger partial charge on any atom is 0.262 e. The van der Waals surface area contributed by atoms with Gasteiger partial charge in [0, 0.05) is 17.6 Å². The number of amides is 1. The second-order valence-electron chi connectivity index (χ2n) is 5.75. The van der Waals surface area contributed by atoms with Gasteiger partial charge in [-0.15, -0.1) is 11.3 Å². The minimum atomic E-state index is -3.94. The summed E-state index contributed by atoms with van der Waals surface area (Å²) in [5.74, 6) is 0.396. The first kappa shape index (κ1) is 18.3. The molecule has 0 fully saturated rings. The number of carbonyl (C=O) groups excluding carboxylic acids is 1. The molecule has 4 rings (SSSR count). The van der Waals surface area contributed by atoms with Crippen LogP contribution in [0.15, 0.2) is 58.9 Å². The highest BCUT2D eigenvalue weighted by molar-refractivity contribution is 7.92. The highest BCUT2D eigenvalue weighted by Gasteiger charge is 2.22. The molecule has 0 spiro atoms. The van der Waals surface area contributed by atoms with Crippen LogP contribution in [-0.2, 0) is 10.0 Å². The third-order valence-corrected chi connectivity index (χ3v) is 5.94. The molecule has 10 heteroatoms. The van der Waals surface area contributed by atoms with Crippen LogP contribution >= 0.6 is 11.3 Å². The normalized spacial score (nSPS) is 13.0. The third kappa shape index (κ3) is 3.78. The number of ether oxygens (including phenoxy) is 2. The number of hydrogen-bond acceptors (Lipinski definition) is 7. The molecule has 144 valence electrons. The van der Waals surface area contributed by atoms with Crippen molar-refractivity contribution >= 4 is 38.1 Å². The average Bonchev–Trinajstić information content (AvgIpc) is 3.20. The molecule has 1 aromatic heterocycles. The Bertz CT molecular complexity index is 1110. The number of rotatable bonds is 5. The standard InChI is InChI=1S/C18H15N3O5S2/c22-17(20-18-19-7-10-27-18)13-3-1-2-4-14(13)21-28(23,24)12-5-6-15-16(11-12)26-9-8-25-15/h1-7,10-11,21H,8-9H2,(H,19,20,22). The first-order valence-corrected chi connectivity index (χ1v) is 10.6. The number of carbonyl (C=O) groups is 1. The van der Waals surface area contributed by atoms with Gasteiger partial charge in [-0.1, -0.05) is 12.1 Å². The molecule has 0 radical (unpaired) electrons. The predicted molar refractivity (Wildman–Crippen MR) is 105 cm³/mol. The van der Waals surface area contributed by atoms with Crippen LogP contribution in [0.25, 0.3) is 0 Å². The molecule has 0 atom stereocenters. The van der Waals surface area contributed by atoms with Crippen LogP contribution in [0.5, 0.6) is 11.5 Å². The Morgan fingerprint density at radius 2 is 1.86 bits per heavy atom. The number of sulfonamides is 1. The van der Waals surface area contributed by atoms with Gasteiger partial charge in [-0.2, -0.15) is 0 Å². The summed E-state index contributed by atoms with van der Waals surface area (Å²) < 4.78 is 39.0. The van der Waals surface area contributed by atoms with Crippen molar-refractivity contribution in [3.63, 3.8) is 0 Å². The number of nitrogens with one attached hydrogen (secondary N) is 2. The van der Waals surface area contributed by atoms with Crippen LogP contribution in [0.3, 0.4) is 0 Å². The van der Waals surface area contributed by atoms with Crippen molar-refractivity contribution in [1.29, 1.82) is 0 Å². The first-order chi connectivity index (χ1) is 13.5. The molecule has 0 aliphatic carbocycles. The lowest BCUT2D eigenvalue weighted by Crippen LogP contribution is -2.19. The highest BCUT2D eigenvalue weighted by atomic mass is 32.2. The zero-order valence-electron chi connectivity index (χ0n) is 14.4. The minimum Gasteiger partial charge on any atom is -0.486 e. The first-order valence-electron chi connectivity index (χ1n) is 8.25. The second kappa shape index (κ2) is 7.49. The Morgan fingerprint density at radius 1 is 1.07 bits per heavy atom. The summed E-state index contributed by atoms with van der Waals surface area (Å²) in [6.45, 7) is 0.766. The van der Waals surface area contributed by atoms with E-state index < -0.39 is 15.9 Å². The van der Waals surface area contributed by atoms with Crippen molar-refractivity contribution < 1.29 is 22.7 Å². The number of thiazole rings is 1. The van der Waals surface area contributed by atoms with E-state index in [-0.39, 0.29) is 16.1 Å². The van der Waals surface area contributed by atoms with E-state index in [4.69, 9.17) is 9.47 Å². The van der Waals surface area contributed by atoms with Gasteiger partial charge in [-0.3, -0.25) is 14.8 Å². The van der Waals surface area contributed by atoms with Crippen LogP contribution in [0.4, 0.5) is 10.8 Å². The molecule has 0 bridgehead atoms. The summed E-state index contributed by atoms with van der Waals surface area (Å²) in [6, 6.07) is 10.7. The van der Waals surface area contributed by atoms with Gasteiger partial charge < -0.3 is 9.47 Å². The lowest BCUT2D eigenvalue weighted by atomic mass is 10.2. The fraction of sp³-hybridized carbons (Fsp3) is 0.111. The van der Waals surface area contributed by atoms with Crippen LogP contribution < -0.4 is 19.5 Å². The van der Waals surface area contributed by atoms with Crippen LogP contribution in [-0.4, -0.2) is 32.5 Å². The highest BCUT2D eigenvalue weighted by Crippen LogP contribution is 2.33. The van der Waals surface area contributed by atoms with Crippen molar-refractivity contribution in [1.82, 2.24) is 4.98 Å². The topological polar surface area (TPSA) is 107 Å². The Labute approximate surface area is 165 Å². The molecule has 1 amide bonds. The van der Waals surface area contributed by atoms with Crippen molar-refractivity contribution in [2.75, 3.05) is 23.3 Å². The number of hydrogen-bond donors (Lipinski definition) is 2. The van der Waals surface area contributed by atoms with Gasteiger partial charge in [0.15, 0.2) is 16.6 Å². The maximum atomic E-state index is 12.8. The fourth-order valence-electron chi connectivity index (χ4n) is 2.61. The van der Waals surface area contributed by atoms with E-state index in [9.17, 15) is 13.2 Å². The van der Waals surface area contributed by atoms with E-state index in [0.29, 0.717) is 29.8 Å². The maximum absolute atomic E-state index is 12.8. The predicted octanol–water partition coefficient (Wildman–Crippen LogP) is 2.97. The molecule has 28 heavy (non-hydrogen) atoms. The zero-order chi connectivity index (χ0) is 19.6. The minimum absolute atomic E-state index is 0.00637. The monoisotopic (exact) mass is 417 g/mol. The van der Waals surface area contributed by atoms with Crippen molar-refractivity contribution in [3.05, 3.63) is 59.6 Å². The molecule has 8 nitrogen and oxygen atoms in total. The van der Waals surface area contributed by atoms with Crippen LogP contribution in [0, 0.1) is 0 Å². The van der Waals surface area contributed by atoms with Crippen molar-refractivity contribution in [3.8, 4) is 11.5 Å². The third-order valence-electron chi connectivity index (χ3n) is 3.89. The van der Waals surface area contributed by atoms with Crippen LogP contribution in [0.2, 0.25) is 0 Å². The largest absolute Gasteiger partial charge is 0.486 e. The van der Waals surface area contributed by atoms with E-state index in [1.54, 1.807) is 29.8 Å². The van der Waals surface area contributed by atoms with E-state index in [1.165, 1.54) is 35.6 Å². The Balaban J connectivity index is 1.61. The van der Waals surface area contributed by atoms with Gasteiger partial charge in [-0.25, -0.2) is 13.4 Å². The van der Waals surface area contributed by atoms with E-state index in [2.05, 4.69) is 15.0 Å². The smallest absolute Gasteiger partial charge is 0.262 e. The summed E-state index contributed by atoms with van der Waals surface area (Å²) in [5, 5.41) is 4.80. The molecule has 1 aliphatic heterocycles. The molecule has 0 saturated heterocycles. The molecule has 1 aliphatic rings. The van der Waals surface area contributed by atoms with Gasteiger partial charge >= 0.3 is 0 Å². The number of fused-ring (bicyclic) bond motifs is 1. The van der Waals surface area contributed by atoms with Crippen molar-refractivity contribution in [2.45, 2.75) is 4.90 Å². The summed E-state index contributed by atoms with van der Waals surface area (Å²) in [5.41, 5.74) is 0.338. The number of benzene rings is 2. The lowest BCUT2D eigenvalue weighted by molar-refractivity contribution is 0.102. The quantitative estimate of drug-likeness (QED) is 0.661. The number of nitrogens with zero attached hydrogens (tertiary/aromatic N) is 1. The van der Waals surface area contributed by atoms with Gasteiger partial charge in [0.1, 0.15) is 13.2 Å². The molecule has 0 unspecified atom stereocenters. The van der Waals surface area contributed by atoms with Crippen LogP contribution in [0.1, 0.15) is 10.4 Å². The van der Waals surface area contributed by atoms with Gasteiger partial charge in [0.2, 0.25) is 0 Å². The summed E-state index contributed by atoms with van der Waals surface area (Å²) >= 11 is 1.27. The molecule has 3 aromatic rings. The number of para-hydroxylation sites is 1. The second-order valence-corrected chi connectivity index (χ2v) is 8.32. The van der Waals surface area contributed by atoms with Crippen molar-refractivity contribution in [2.24, 2.45) is 0 Å². The Kier molecular flexibility index (Phi) is 4.88. The summed E-state index contributed by atoms with van der Waals surface area (Å²) in [6.07, 6.45) is 1.57. The molecule has 0 saturated carbocycles. The number of anilines is 2. The number of aromatic nitrogens is 1. The molecule has 2 heterocycles. The van der Waals surface area contributed by atoms with E-state index in [0.717, 1.165) is 0 Å². The Hall–Kier alpha value is -3.11. The van der Waals surface area contributed by atoms with Gasteiger partial charge in [-0.05, 0) is 24.3 Å². The molecular weight excluding hydrogens is 402 g/mol. The SMILES string of the molecule is O=C(Nc1nccs1)c1ccccc1NS(=O)(=O)c1ccc2c(c1)OCCO2. The van der Waals surface area contributed by atoms with Gasteiger partial charge in [0.25, 0.3) is 15.9 Å². The van der Waals surface area contributed by atoms with Gasteiger partial charge in [0.05, 0.1) is 16.1 Å². The Morgan fingerprint density at radius 3 is 2.64 bits per heavy atom. The summed E-state index contributed by atoms with van der Waals surface area (Å²) in [7, 11) is -3.94. The fourth-order valence-corrected chi connectivity index (χ4v) is 4.23. The molecule has 2 N–H and O–H groups in total.